The Hall–Kier alpha value is -2.14. The van der Waals surface area contributed by atoms with Gasteiger partial charge in [-0.2, -0.15) is 5.10 Å². The molecule has 4 nitrogen and oxygen atoms in total. The van der Waals surface area contributed by atoms with Gasteiger partial charge in [-0.3, -0.25) is 4.79 Å². The Labute approximate surface area is 151 Å². The molecule has 0 atom stereocenters. The van der Waals surface area contributed by atoms with Crippen LogP contribution in [0.5, 0.6) is 5.75 Å². The van der Waals surface area contributed by atoms with E-state index in [-0.39, 0.29) is 12.5 Å². The fourth-order valence-electron chi connectivity index (χ4n) is 2.06. The second kappa shape index (κ2) is 8.64. The Bertz CT molecular complexity index is 740. The van der Waals surface area contributed by atoms with Crippen molar-refractivity contribution in [1.29, 1.82) is 0 Å². The first-order valence-electron chi connectivity index (χ1n) is 7.81. The number of nitrogens with zero attached hydrogens (tertiary/aromatic N) is 1. The number of ether oxygens (including phenoxy) is 1. The van der Waals surface area contributed by atoms with Crippen molar-refractivity contribution < 1.29 is 9.53 Å². The van der Waals surface area contributed by atoms with Crippen molar-refractivity contribution in [3.05, 3.63) is 63.6 Å². The van der Waals surface area contributed by atoms with Gasteiger partial charge in [0.05, 0.1) is 10.2 Å². The lowest BCUT2D eigenvalue weighted by atomic mass is 10.1. The zero-order valence-electron chi connectivity index (χ0n) is 14.1. The maximum atomic E-state index is 11.9. The molecule has 1 amide bonds. The Morgan fingerprint density at radius 2 is 1.92 bits per heavy atom. The number of halogens is 1. The Kier molecular flexibility index (Phi) is 6.55. The van der Waals surface area contributed by atoms with Crippen molar-refractivity contribution in [2.24, 2.45) is 5.10 Å². The third-order valence-corrected chi connectivity index (χ3v) is 4.20. The first-order valence-corrected chi connectivity index (χ1v) is 8.60. The lowest BCUT2D eigenvalue weighted by molar-refractivity contribution is -0.123. The number of hydrogen-bond donors (Lipinski definition) is 1. The summed E-state index contributed by atoms with van der Waals surface area (Å²) in [5.41, 5.74) is 6.63. The van der Waals surface area contributed by atoms with Crippen LogP contribution in [0.25, 0.3) is 0 Å². The summed E-state index contributed by atoms with van der Waals surface area (Å²) in [5, 5.41) is 4.11. The molecule has 0 aromatic heterocycles. The highest BCUT2D eigenvalue weighted by atomic mass is 79.9. The Morgan fingerprint density at radius 1 is 1.21 bits per heavy atom. The molecule has 0 aliphatic heterocycles. The average Bonchev–Trinajstić information content (AvgIpc) is 2.59. The molecular formula is C19H21BrN2O2. The highest BCUT2D eigenvalue weighted by molar-refractivity contribution is 9.10. The number of nitrogens with one attached hydrogen (secondary N) is 1. The lowest BCUT2D eigenvalue weighted by Gasteiger charge is -2.09. The van der Waals surface area contributed by atoms with Crippen LogP contribution in [0.3, 0.4) is 0 Å². The number of hydrogen-bond acceptors (Lipinski definition) is 3. The maximum Gasteiger partial charge on any atom is 0.277 e. The zero-order valence-corrected chi connectivity index (χ0v) is 15.7. The zero-order chi connectivity index (χ0) is 17.5. The van der Waals surface area contributed by atoms with E-state index in [4.69, 9.17) is 4.74 Å². The Balaban J connectivity index is 1.89. The quantitative estimate of drug-likeness (QED) is 0.594. The van der Waals surface area contributed by atoms with E-state index in [9.17, 15) is 4.79 Å². The number of aryl methyl sites for hydroxylation is 2. The predicted molar refractivity (Wildman–Crippen MR) is 101 cm³/mol. The minimum atomic E-state index is -0.298. The number of carbonyl (C=O) groups is 1. The van der Waals surface area contributed by atoms with Crippen molar-refractivity contribution in [2.45, 2.75) is 27.2 Å². The summed E-state index contributed by atoms with van der Waals surface area (Å²) >= 11 is 3.45. The van der Waals surface area contributed by atoms with Crippen LogP contribution in [-0.4, -0.2) is 18.2 Å². The molecule has 0 saturated carbocycles. The first kappa shape index (κ1) is 18.2. The van der Waals surface area contributed by atoms with Crippen molar-refractivity contribution in [3.8, 4) is 5.75 Å². The van der Waals surface area contributed by atoms with Gasteiger partial charge in [0.25, 0.3) is 5.91 Å². The molecule has 0 radical (unpaired) electrons. The molecule has 2 aromatic carbocycles. The summed E-state index contributed by atoms with van der Waals surface area (Å²) in [6.45, 7) is 5.88. The Morgan fingerprint density at radius 3 is 2.54 bits per heavy atom. The van der Waals surface area contributed by atoms with Gasteiger partial charge in [-0.15, -0.1) is 0 Å². The van der Waals surface area contributed by atoms with Gasteiger partial charge in [-0.25, -0.2) is 5.43 Å². The lowest BCUT2D eigenvalue weighted by Crippen LogP contribution is -2.25. The van der Waals surface area contributed by atoms with Crippen LogP contribution in [0.4, 0.5) is 0 Å². The molecule has 126 valence electrons. The number of benzene rings is 2. The van der Waals surface area contributed by atoms with E-state index in [2.05, 4.69) is 33.4 Å². The van der Waals surface area contributed by atoms with Gasteiger partial charge < -0.3 is 4.74 Å². The van der Waals surface area contributed by atoms with Crippen LogP contribution < -0.4 is 10.2 Å². The highest BCUT2D eigenvalue weighted by Gasteiger charge is 2.06. The second-order valence-electron chi connectivity index (χ2n) is 5.51. The van der Waals surface area contributed by atoms with Gasteiger partial charge in [0.1, 0.15) is 5.75 Å². The fraction of sp³-hybridized carbons (Fsp3) is 0.263. The molecular weight excluding hydrogens is 368 g/mol. The summed E-state index contributed by atoms with van der Waals surface area (Å²) in [6.07, 6.45) is 0.951. The monoisotopic (exact) mass is 388 g/mol. The third-order valence-electron chi connectivity index (χ3n) is 3.58. The van der Waals surface area contributed by atoms with E-state index in [0.29, 0.717) is 5.75 Å². The van der Waals surface area contributed by atoms with Crippen LogP contribution in [0.15, 0.2) is 52.0 Å². The van der Waals surface area contributed by atoms with Gasteiger partial charge in [-0.05, 0) is 59.5 Å². The van der Waals surface area contributed by atoms with E-state index >= 15 is 0 Å². The van der Waals surface area contributed by atoms with Crippen LogP contribution in [0.1, 0.15) is 30.5 Å². The molecule has 0 bridgehead atoms. The van der Waals surface area contributed by atoms with E-state index in [0.717, 1.165) is 22.2 Å². The van der Waals surface area contributed by atoms with Crippen molar-refractivity contribution >= 4 is 27.5 Å². The summed E-state index contributed by atoms with van der Waals surface area (Å²) in [4.78, 5) is 11.9. The minimum Gasteiger partial charge on any atom is -0.483 e. The van der Waals surface area contributed by atoms with E-state index in [1.165, 1.54) is 11.1 Å². The largest absolute Gasteiger partial charge is 0.483 e. The summed E-state index contributed by atoms with van der Waals surface area (Å²) in [5.74, 6) is 0.342. The number of amides is 1. The van der Waals surface area contributed by atoms with Gasteiger partial charge in [0.15, 0.2) is 6.61 Å². The molecule has 0 saturated heterocycles. The predicted octanol–water partition coefficient (Wildman–Crippen LogP) is 4.24. The van der Waals surface area contributed by atoms with Gasteiger partial charge in [0, 0.05) is 0 Å². The van der Waals surface area contributed by atoms with Crippen molar-refractivity contribution in [1.82, 2.24) is 5.43 Å². The molecule has 0 aliphatic rings. The van der Waals surface area contributed by atoms with Crippen LogP contribution in [-0.2, 0) is 11.2 Å². The van der Waals surface area contributed by atoms with Gasteiger partial charge in [-0.1, -0.05) is 42.8 Å². The molecule has 5 heteroatoms. The van der Waals surface area contributed by atoms with E-state index in [1.807, 2.05) is 56.3 Å². The number of rotatable bonds is 6. The second-order valence-corrected chi connectivity index (χ2v) is 6.36. The molecule has 0 aliphatic carbocycles. The highest BCUT2D eigenvalue weighted by Crippen LogP contribution is 2.26. The van der Waals surface area contributed by atoms with Crippen molar-refractivity contribution in [3.63, 3.8) is 0 Å². The molecule has 0 fully saturated rings. The molecule has 1 N–H and O–H groups in total. The molecule has 24 heavy (non-hydrogen) atoms. The minimum absolute atomic E-state index is 0.0885. The fourth-order valence-corrected chi connectivity index (χ4v) is 2.60. The average molecular weight is 389 g/mol. The molecule has 0 spiro atoms. The third kappa shape index (κ3) is 5.20. The topological polar surface area (TPSA) is 50.7 Å². The summed E-state index contributed by atoms with van der Waals surface area (Å²) in [6, 6.07) is 13.8. The molecule has 2 rings (SSSR count). The van der Waals surface area contributed by atoms with Crippen LogP contribution in [0, 0.1) is 6.92 Å². The summed E-state index contributed by atoms with van der Waals surface area (Å²) < 4.78 is 6.37. The maximum absolute atomic E-state index is 11.9. The standard InChI is InChI=1S/C19H21BrN2O2/c1-4-15-7-10-18(17(20)11-15)24-12-19(23)22-21-14(3)16-8-5-13(2)6-9-16/h5-11H,4,12H2,1-3H3,(H,22,23). The number of hydrazone groups is 1. The van der Waals surface area contributed by atoms with Crippen LogP contribution >= 0.6 is 15.9 Å². The first-order chi connectivity index (χ1) is 11.5. The number of carbonyl (C=O) groups excluding carboxylic acids is 1. The van der Waals surface area contributed by atoms with E-state index in [1.54, 1.807) is 0 Å². The molecule has 0 heterocycles. The van der Waals surface area contributed by atoms with Crippen molar-refractivity contribution in [2.75, 3.05) is 6.61 Å². The van der Waals surface area contributed by atoms with Gasteiger partial charge >= 0.3 is 0 Å². The van der Waals surface area contributed by atoms with Crippen LogP contribution in [0.2, 0.25) is 0 Å². The SMILES string of the molecule is CCc1ccc(OCC(=O)NN=C(C)c2ccc(C)cc2)c(Br)c1. The summed E-state index contributed by atoms with van der Waals surface area (Å²) in [7, 11) is 0. The molecule has 2 aromatic rings. The van der Waals surface area contributed by atoms with E-state index < -0.39 is 0 Å². The smallest absolute Gasteiger partial charge is 0.277 e. The molecule has 0 unspecified atom stereocenters. The van der Waals surface area contributed by atoms with Gasteiger partial charge in [0.2, 0.25) is 0 Å². The normalized spacial score (nSPS) is 11.2.